The van der Waals surface area contributed by atoms with Crippen molar-refractivity contribution in [3.8, 4) is 0 Å². The molecule has 0 spiro atoms. The van der Waals surface area contributed by atoms with Crippen LogP contribution in [0.5, 0.6) is 0 Å². The largest absolute Gasteiger partial charge is 0.319 e. The first-order valence-corrected chi connectivity index (χ1v) is 5.11. The molecular weight excluding hydrogens is 196 g/mol. The maximum absolute atomic E-state index is 12.8. The van der Waals surface area contributed by atoms with Crippen LogP contribution in [0, 0.1) is 0 Å². The molecule has 0 bridgehead atoms. The van der Waals surface area contributed by atoms with Crippen LogP contribution < -0.4 is 5.32 Å². The molecule has 3 heteroatoms. The highest BCUT2D eigenvalue weighted by molar-refractivity contribution is 5.24. The predicted octanol–water partition coefficient (Wildman–Crippen LogP) is 2.65. The third kappa shape index (κ3) is 4.88. The third-order valence-corrected chi connectivity index (χ3v) is 2.17. The van der Waals surface area contributed by atoms with Gasteiger partial charge in [-0.25, -0.2) is 8.78 Å². The number of alkyl halides is 2. The Morgan fingerprint density at radius 3 is 2.53 bits per heavy atom. The van der Waals surface area contributed by atoms with Gasteiger partial charge in [-0.05, 0) is 38.1 Å². The van der Waals surface area contributed by atoms with Crippen molar-refractivity contribution in [2.45, 2.75) is 25.7 Å². The van der Waals surface area contributed by atoms with E-state index in [1.165, 1.54) is 0 Å². The Labute approximate surface area is 89.5 Å². The SMILES string of the molecule is CNCCc1cccc(CC(C)(F)F)c1. The van der Waals surface area contributed by atoms with Crippen LogP contribution in [-0.2, 0) is 12.8 Å². The van der Waals surface area contributed by atoms with Gasteiger partial charge >= 0.3 is 0 Å². The number of likely N-dealkylation sites (N-methyl/N-ethyl adjacent to an activating group) is 1. The first-order chi connectivity index (χ1) is 7.01. The summed E-state index contributed by atoms with van der Waals surface area (Å²) in [6, 6.07) is 7.41. The van der Waals surface area contributed by atoms with E-state index in [0.29, 0.717) is 5.56 Å². The van der Waals surface area contributed by atoms with Gasteiger partial charge < -0.3 is 5.32 Å². The second kappa shape index (κ2) is 5.21. The maximum atomic E-state index is 12.8. The minimum atomic E-state index is -2.62. The molecular formula is C12H17F2N. The van der Waals surface area contributed by atoms with Crippen molar-refractivity contribution >= 4 is 0 Å². The first-order valence-electron chi connectivity index (χ1n) is 5.11. The molecule has 1 rings (SSSR count). The highest BCUT2D eigenvalue weighted by Crippen LogP contribution is 2.19. The Balaban J connectivity index is 2.66. The smallest absolute Gasteiger partial charge is 0.249 e. The quantitative estimate of drug-likeness (QED) is 0.793. The van der Waals surface area contributed by atoms with E-state index in [4.69, 9.17) is 0 Å². The zero-order chi connectivity index (χ0) is 11.3. The molecule has 84 valence electrons. The average molecular weight is 213 g/mol. The highest BCUT2D eigenvalue weighted by Gasteiger charge is 2.21. The molecule has 0 aliphatic heterocycles. The zero-order valence-electron chi connectivity index (χ0n) is 9.19. The minimum absolute atomic E-state index is 0.180. The molecule has 0 saturated heterocycles. The minimum Gasteiger partial charge on any atom is -0.319 e. The van der Waals surface area contributed by atoms with E-state index in [1.54, 1.807) is 6.07 Å². The topological polar surface area (TPSA) is 12.0 Å². The summed E-state index contributed by atoms with van der Waals surface area (Å²) < 4.78 is 25.6. The number of rotatable bonds is 5. The number of hydrogen-bond acceptors (Lipinski definition) is 1. The van der Waals surface area contributed by atoms with Crippen molar-refractivity contribution in [3.05, 3.63) is 35.4 Å². The number of nitrogens with one attached hydrogen (secondary N) is 1. The van der Waals surface area contributed by atoms with Crippen LogP contribution in [0.2, 0.25) is 0 Å². The van der Waals surface area contributed by atoms with Crippen molar-refractivity contribution in [1.29, 1.82) is 0 Å². The van der Waals surface area contributed by atoms with Crippen LogP contribution in [0.4, 0.5) is 8.78 Å². The standard InChI is InChI=1S/C12H17F2N/c1-12(13,14)9-11-5-3-4-10(8-11)6-7-15-2/h3-5,8,15H,6-7,9H2,1-2H3. The van der Waals surface area contributed by atoms with Gasteiger partial charge in [0.2, 0.25) is 5.92 Å². The molecule has 0 radical (unpaired) electrons. The average Bonchev–Trinajstić information content (AvgIpc) is 2.12. The van der Waals surface area contributed by atoms with Crippen LogP contribution in [-0.4, -0.2) is 19.5 Å². The van der Waals surface area contributed by atoms with Crippen LogP contribution in [0.15, 0.2) is 24.3 Å². The van der Waals surface area contributed by atoms with Gasteiger partial charge in [0.05, 0.1) is 0 Å². The van der Waals surface area contributed by atoms with Gasteiger partial charge in [-0.1, -0.05) is 24.3 Å². The Hall–Kier alpha value is -0.960. The summed E-state index contributed by atoms with van der Waals surface area (Å²) in [7, 11) is 1.88. The molecule has 0 atom stereocenters. The number of halogens is 2. The second-order valence-corrected chi connectivity index (χ2v) is 3.92. The van der Waals surface area contributed by atoms with Crippen molar-refractivity contribution in [2.24, 2.45) is 0 Å². The Morgan fingerprint density at radius 2 is 1.93 bits per heavy atom. The van der Waals surface area contributed by atoms with Gasteiger partial charge in [0.15, 0.2) is 0 Å². The summed E-state index contributed by atoms with van der Waals surface area (Å²) in [5, 5.41) is 3.04. The second-order valence-electron chi connectivity index (χ2n) is 3.92. The van der Waals surface area contributed by atoms with Crippen LogP contribution >= 0.6 is 0 Å². The Kier molecular flexibility index (Phi) is 4.21. The lowest BCUT2D eigenvalue weighted by Crippen LogP contribution is -2.14. The zero-order valence-corrected chi connectivity index (χ0v) is 9.19. The lowest BCUT2D eigenvalue weighted by atomic mass is 10.0. The van der Waals surface area contributed by atoms with Gasteiger partial charge in [0.1, 0.15) is 0 Å². The molecule has 0 aliphatic carbocycles. The molecule has 1 nitrogen and oxygen atoms in total. The van der Waals surface area contributed by atoms with Crippen molar-refractivity contribution in [3.63, 3.8) is 0 Å². The summed E-state index contributed by atoms with van der Waals surface area (Å²) >= 11 is 0. The fourth-order valence-electron chi connectivity index (χ4n) is 1.52. The van der Waals surface area contributed by atoms with E-state index < -0.39 is 5.92 Å². The molecule has 1 N–H and O–H groups in total. The fraction of sp³-hybridized carbons (Fsp3) is 0.500. The molecule has 0 unspecified atom stereocenters. The van der Waals surface area contributed by atoms with E-state index in [1.807, 2.05) is 25.2 Å². The van der Waals surface area contributed by atoms with E-state index >= 15 is 0 Å². The van der Waals surface area contributed by atoms with Crippen molar-refractivity contribution in [2.75, 3.05) is 13.6 Å². The summed E-state index contributed by atoms with van der Waals surface area (Å²) in [6.07, 6.45) is 0.694. The molecule has 0 heterocycles. The summed E-state index contributed by atoms with van der Waals surface area (Å²) in [4.78, 5) is 0. The van der Waals surface area contributed by atoms with Gasteiger partial charge in [-0.15, -0.1) is 0 Å². The molecule has 1 aromatic carbocycles. The van der Waals surface area contributed by atoms with Gasteiger partial charge in [-0.2, -0.15) is 0 Å². The molecule has 0 fully saturated rings. The molecule has 0 saturated carbocycles. The van der Waals surface area contributed by atoms with Gasteiger partial charge in [0.25, 0.3) is 0 Å². The first kappa shape index (κ1) is 12.1. The fourth-order valence-corrected chi connectivity index (χ4v) is 1.52. The molecule has 1 aromatic rings. The third-order valence-electron chi connectivity index (χ3n) is 2.17. The van der Waals surface area contributed by atoms with Gasteiger partial charge in [0, 0.05) is 6.42 Å². The molecule has 0 amide bonds. The van der Waals surface area contributed by atoms with E-state index in [-0.39, 0.29) is 6.42 Å². The highest BCUT2D eigenvalue weighted by atomic mass is 19.3. The summed E-state index contributed by atoms with van der Waals surface area (Å²) in [6.45, 7) is 1.82. The van der Waals surface area contributed by atoms with E-state index in [9.17, 15) is 8.78 Å². The van der Waals surface area contributed by atoms with Crippen LogP contribution in [0.25, 0.3) is 0 Å². The summed E-state index contributed by atoms with van der Waals surface area (Å²) in [5.74, 6) is -2.62. The van der Waals surface area contributed by atoms with E-state index in [2.05, 4.69) is 5.32 Å². The molecule has 0 aliphatic rings. The lowest BCUT2D eigenvalue weighted by molar-refractivity contribution is 0.0226. The Bertz CT molecular complexity index is 305. The van der Waals surface area contributed by atoms with Crippen molar-refractivity contribution in [1.82, 2.24) is 5.32 Å². The molecule has 0 aromatic heterocycles. The maximum Gasteiger partial charge on any atom is 0.249 e. The number of hydrogen-bond donors (Lipinski definition) is 1. The van der Waals surface area contributed by atoms with Crippen LogP contribution in [0.1, 0.15) is 18.1 Å². The molecule has 15 heavy (non-hydrogen) atoms. The number of benzene rings is 1. The van der Waals surface area contributed by atoms with Gasteiger partial charge in [-0.3, -0.25) is 0 Å². The monoisotopic (exact) mass is 213 g/mol. The van der Waals surface area contributed by atoms with Crippen molar-refractivity contribution < 1.29 is 8.78 Å². The summed E-state index contributed by atoms with van der Waals surface area (Å²) in [5.41, 5.74) is 1.81. The predicted molar refractivity (Wildman–Crippen MR) is 58.4 cm³/mol. The normalized spacial score (nSPS) is 11.7. The van der Waals surface area contributed by atoms with Crippen LogP contribution in [0.3, 0.4) is 0 Å². The lowest BCUT2D eigenvalue weighted by Gasteiger charge is -2.11. The Morgan fingerprint density at radius 1 is 1.27 bits per heavy atom. The van der Waals surface area contributed by atoms with E-state index in [0.717, 1.165) is 25.5 Å².